The summed E-state index contributed by atoms with van der Waals surface area (Å²) in [4.78, 5) is 0. The van der Waals surface area contributed by atoms with Crippen molar-refractivity contribution >= 4 is 27.3 Å². The van der Waals surface area contributed by atoms with Gasteiger partial charge >= 0.3 is 0 Å². The fraction of sp³-hybridized carbons (Fsp3) is 0.455. The number of sulfonamides is 1. The minimum atomic E-state index is -3.48. The van der Waals surface area contributed by atoms with Crippen LogP contribution in [0.2, 0.25) is 0 Å². The third kappa shape index (κ3) is 4.52. The van der Waals surface area contributed by atoms with E-state index >= 15 is 0 Å². The first-order chi connectivity index (χ1) is 7.84. The maximum atomic E-state index is 13.2. The van der Waals surface area contributed by atoms with Crippen molar-refractivity contribution < 1.29 is 12.8 Å². The fourth-order valence-corrected chi connectivity index (χ4v) is 2.97. The molecule has 0 heterocycles. The van der Waals surface area contributed by atoms with Gasteiger partial charge in [0.05, 0.1) is 11.4 Å². The molecule has 1 atom stereocenters. The van der Waals surface area contributed by atoms with Crippen molar-refractivity contribution in [3.05, 3.63) is 29.6 Å². The van der Waals surface area contributed by atoms with Crippen LogP contribution in [0, 0.1) is 18.7 Å². The van der Waals surface area contributed by atoms with Crippen LogP contribution in [0.1, 0.15) is 12.5 Å². The van der Waals surface area contributed by atoms with E-state index in [0.717, 1.165) is 6.07 Å². The predicted molar refractivity (Wildman–Crippen MR) is 68.4 cm³/mol. The van der Waals surface area contributed by atoms with Crippen LogP contribution in [0.3, 0.4) is 0 Å². The molecule has 3 nitrogen and oxygen atoms in total. The molecule has 0 saturated carbocycles. The van der Waals surface area contributed by atoms with Gasteiger partial charge in [0.25, 0.3) is 0 Å². The number of halogens is 2. The molecule has 1 N–H and O–H groups in total. The summed E-state index contributed by atoms with van der Waals surface area (Å²) < 4.78 is 38.9. The minimum absolute atomic E-state index is 0.0774. The molecular weight excluding hydrogens is 265 g/mol. The molecule has 0 spiro atoms. The molecule has 1 unspecified atom stereocenters. The quantitative estimate of drug-likeness (QED) is 0.843. The largest absolute Gasteiger partial charge is 0.283 e. The monoisotopic (exact) mass is 279 g/mol. The Bertz CT molecular complexity index is 490. The molecule has 0 radical (unpaired) electrons. The van der Waals surface area contributed by atoms with E-state index < -0.39 is 15.8 Å². The molecule has 0 aliphatic heterocycles. The van der Waals surface area contributed by atoms with Crippen molar-refractivity contribution in [2.75, 3.05) is 16.4 Å². The Hall–Kier alpha value is -0.810. The number of anilines is 1. The Morgan fingerprint density at radius 1 is 1.47 bits per heavy atom. The van der Waals surface area contributed by atoms with Crippen molar-refractivity contribution in [2.45, 2.75) is 13.8 Å². The van der Waals surface area contributed by atoms with Gasteiger partial charge in [0.2, 0.25) is 10.0 Å². The average Bonchev–Trinajstić information content (AvgIpc) is 2.22. The maximum Gasteiger partial charge on any atom is 0.233 e. The zero-order valence-corrected chi connectivity index (χ0v) is 11.3. The van der Waals surface area contributed by atoms with Gasteiger partial charge in [-0.25, -0.2) is 12.8 Å². The second-order valence-electron chi connectivity index (χ2n) is 4.11. The summed E-state index contributed by atoms with van der Waals surface area (Å²) >= 11 is 5.55. The fourth-order valence-electron chi connectivity index (χ4n) is 1.30. The Labute approximate surface area is 106 Å². The number of aryl methyl sites for hydroxylation is 1. The van der Waals surface area contributed by atoms with Crippen LogP contribution in [0.25, 0.3) is 0 Å². The molecule has 1 aromatic carbocycles. The van der Waals surface area contributed by atoms with Crippen LogP contribution in [0.4, 0.5) is 10.1 Å². The Kier molecular flexibility index (Phi) is 4.77. The highest BCUT2D eigenvalue weighted by atomic mass is 35.5. The van der Waals surface area contributed by atoms with Gasteiger partial charge in [0.15, 0.2) is 0 Å². The summed E-state index contributed by atoms with van der Waals surface area (Å²) in [5, 5.41) is 0. The van der Waals surface area contributed by atoms with E-state index in [0.29, 0.717) is 5.56 Å². The van der Waals surface area contributed by atoms with Crippen molar-refractivity contribution in [1.82, 2.24) is 0 Å². The van der Waals surface area contributed by atoms with Crippen molar-refractivity contribution in [3.8, 4) is 0 Å². The third-order valence-corrected chi connectivity index (χ3v) is 4.29. The molecule has 1 aromatic rings. The van der Waals surface area contributed by atoms with Crippen LogP contribution in [-0.4, -0.2) is 20.1 Å². The third-order valence-electron chi connectivity index (χ3n) is 2.21. The van der Waals surface area contributed by atoms with Gasteiger partial charge in [-0.3, -0.25) is 4.72 Å². The van der Waals surface area contributed by atoms with Gasteiger partial charge in [-0.2, -0.15) is 0 Å². The molecule has 0 amide bonds. The second-order valence-corrected chi connectivity index (χ2v) is 6.18. The Morgan fingerprint density at radius 2 is 2.12 bits per heavy atom. The summed E-state index contributed by atoms with van der Waals surface area (Å²) in [7, 11) is -3.48. The van der Waals surface area contributed by atoms with Gasteiger partial charge in [0, 0.05) is 5.88 Å². The average molecular weight is 280 g/mol. The molecular formula is C11H15ClFNO2S. The van der Waals surface area contributed by atoms with E-state index in [2.05, 4.69) is 4.72 Å². The topological polar surface area (TPSA) is 46.2 Å². The number of nitrogens with one attached hydrogen (secondary N) is 1. The van der Waals surface area contributed by atoms with Gasteiger partial charge in [-0.15, -0.1) is 11.6 Å². The smallest absolute Gasteiger partial charge is 0.233 e. The van der Waals surface area contributed by atoms with Crippen LogP contribution in [0.15, 0.2) is 18.2 Å². The Balaban J connectivity index is 2.80. The zero-order chi connectivity index (χ0) is 13.1. The van der Waals surface area contributed by atoms with E-state index in [1.807, 2.05) is 0 Å². The van der Waals surface area contributed by atoms with Gasteiger partial charge in [-0.05, 0) is 30.5 Å². The van der Waals surface area contributed by atoms with Crippen molar-refractivity contribution in [3.63, 3.8) is 0 Å². The second kappa shape index (κ2) is 5.69. The molecule has 1 rings (SSSR count). The molecule has 96 valence electrons. The molecule has 0 aromatic heterocycles. The lowest BCUT2D eigenvalue weighted by Crippen LogP contribution is -2.22. The molecule has 6 heteroatoms. The van der Waals surface area contributed by atoms with Crippen LogP contribution < -0.4 is 4.72 Å². The maximum absolute atomic E-state index is 13.2. The van der Waals surface area contributed by atoms with Crippen LogP contribution in [0.5, 0.6) is 0 Å². The normalized spacial score (nSPS) is 13.4. The highest BCUT2D eigenvalue weighted by molar-refractivity contribution is 7.92. The van der Waals surface area contributed by atoms with Crippen molar-refractivity contribution in [1.29, 1.82) is 0 Å². The number of hydrogen-bond acceptors (Lipinski definition) is 2. The summed E-state index contributed by atoms with van der Waals surface area (Å²) in [5.41, 5.74) is 0.706. The lowest BCUT2D eigenvalue weighted by atomic mass is 10.2. The van der Waals surface area contributed by atoms with Crippen LogP contribution in [-0.2, 0) is 10.0 Å². The first kappa shape index (κ1) is 14.3. The van der Waals surface area contributed by atoms with E-state index in [9.17, 15) is 12.8 Å². The van der Waals surface area contributed by atoms with Crippen molar-refractivity contribution in [2.24, 2.45) is 5.92 Å². The molecule has 0 aliphatic carbocycles. The van der Waals surface area contributed by atoms with E-state index in [-0.39, 0.29) is 23.2 Å². The first-order valence-electron chi connectivity index (χ1n) is 5.16. The molecule has 0 saturated heterocycles. The number of hydrogen-bond donors (Lipinski definition) is 1. The predicted octanol–water partition coefficient (Wildman–Crippen LogP) is 2.75. The van der Waals surface area contributed by atoms with E-state index in [1.54, 1.807) is 13.8 Å². The Morgan fingerprint density at radius 3 is 2.65 bits per heavy atom. The van der Waals surface area contributed by atoms with Gasteiger partial charge in [-0.1, -0.05) is 13.0 Å². The molecule has 0 fully saturated rings. The summed E-state index contributed by atoms with van der Waals surface area (Å²) in [6.45, 7) is 3.35. The first-order valence-corrected chi connectivity index (χ1v) is 7.35. The lowest BCUT2D eigenvalue weighted by Gasteiger charge is -2.11. The number of rotatable bonds is 5. The lowest BCUT2D eigenvalue weighted by molar-refractivity contribution is 0.588. The standard InChI is InChI=1S/C11H15ClFNO2S/c1-8(6-12)7-17(15,16)14-10-4-3-9(2)11(13)5-10/h3-5,8,14H,6-7H2,1-2H3. The summed E-state index contributed by atoms with van der Waals surface area (Å²) in [5.74, 6) is -0.394. The zero-order valence-electron chi connectivity index (χ0n) is 9.70. The van der Waals surface area contributed by atoms with Gasteiger partial charge in [0.1, 0.15) is 5.82 Å². The SMILES string of the molecule is Cc1ccc(NS(=O)(=O)CC(C)CCl)cc1F. The van der Waals surface area contributed by atoms with Crippen LogP contribution >= 0.6 is 11.6 Å². The highest BCUT2D eigenvalue weighted by Crippen LogP contribution is 2.16. The summed E-state index contributed by atoms with van der Waals surface area (Å²) in [6.07, 6.45) is 0. The van der Waals surface area contributed by atoms with E-state index in [1.165, 1.54) is 12.1 Å². The van der Waals surface area contributed by atoms with Gasteiger partial charge < -0.3 is 0 Å². The summed E-state index contributed by atoms with van der Waals surface area (Å²) in [6, 6.07) is 4.22. The van der Waals surface area contributed by atoms with E-state index in [4.69, 9.17) is 11.6 Å². The molecule has 0 bridgehead atoms. The molecule has 0 aliphatic rings. The minimum Gasteiger partial charge on any atom is -0.283 e. The number of alkyl halides is 1. The molecule has 17 heavy (non-hydrogen) atoms. The number of benzene rings is 1. The highest BCUT2D eigenvalue weighted by Gasteiger charge is 2.15.